The molecule has 0 fully saturated rings. The SMILES string of the molecule is CS(=O)(=O)N[C@H](CC(=O)NCCNc1ccnc2cc(Cl)ccc12)c1ccc(Cl)cc1. The first kappa shape index (κ1) is 23.3. The molecule has 1 atom stereocenters. The third-order valence-electron chi connectivity index (χ3n) is 4.49. The lowest BCUT2D eigenvalue weighted by atomic mass is 10.0. The predicted octanol–water partition coefficient (Wildman–Crippen LogP) is 3.75. The van der Waals surface area contributed by atoms with E-state index in [-0.39, 0.29) is 12.3 Å². The monoisotopic (exact) mass is 480 g/mol. The normalized spacial score (nSPS) is 12.5. The van der Waals surface area contributed by atoms with E-state index in [2.05, 4.69) is 20.3 Å². The molecule has 3 rings (SSSR count). The van der Waals surface area contributed by atoms with E-state index < -0.39 is 16.1 Å². The topological polar surface area (TPSA) is 100 Å². The Bertz CT molecular complexity index is 1170. The molecule has 0 aliphatic rings. The fraction of sp³-hybridized carbons (Fsp3) is 0.238. The highest BCUT2D eigenvalue weighted by molar-refractivity contribution is 7.88. The maximum atomic E-state index is 12.4. The van der Waals surface area contributed by atoms with E-state index in [1.165, 1.54) is 0 Å². The summed E-state index contributed by atoms with van der Waals surface area (Å²) in [6, 6.07) is 13.3. The largest absolute Gasteiger partial charge is 0.383 e. The smallest absolute Gasteiger partial charge is 0.222 e. The number of hydrogen-bond donors (Lipinski definition) is 3. The molecule has 0 aliphatic carbocycles. The lowest BCUT2D eigenvalue weighted by Crippen LogP contribution is -2.35. The Morgan fingerprint density at radius 2 is 1.74 bits per heavy atom. The van der Waals surface area contributed by atoms with Gasteiger partial charge in [-0.1, -0.05) is 35.3 Å². The number of aromatic nitrogens is 1. The molecule has 164 valence electrons. The van der Waals surface area contributed by atoms with Gasteiger partial charge in [-0.15, -0.1) is 0 Å². The van der Waals surface area contributed by atoms with Gasteiger partial charge in [-0.3, -0.25) is 9.78 Å². The highest BCUT2D eigenvalue weighted by Crippen LogP contribution is 2.24. The van der Waals surface area contributed by atoms with Crippen molar-refractivity contribution in [2.75, 3.05) is 24.7 Å². The van der Waals surface area contributed by atoms with Crippen LogP contribution in [0.15, 0.2) is 54.7 Å². The molecule has 2 aromatic carbocycles. The fourth-order valence-corrected chi connectivity index (χ4v) is 4.14. The summed E-state index contributed by atoms with van der Waals surface area (Å²) in [6.45, 7) is 0.848. The van der Waals surface area contributed by atoms with E-state index in [9.17, 15) is 13.2 Å². The average molecular weight is 481 g/mol. The van der Waals surface area contributed by atoms with Crippen LogP contribution in [0.5, 0.6) is 0 Å². The van der Waals surface area contributed by atoms with Crippen molar-refractivity contribution in [3.05, 3.63) is 70.3 Å². The molecule has 10 heteroatoms. The molecule has 0 spiro atoms. The highest BCUT2D eigenvalue weighted by atomic mass is 35.5. The maximum absolute atomic E-state index is 12.4. The van der Waals surface area contributed by atoms with Gasteiger partial charge in [0.15, 0.2) is 0 Å². The molecule has 3 N–H and O–H groups in total. The summed E-state index contributed by atoms with van der Waals surface area (Å²) in [5, 5.41) is 8.15. The Kier molecular flexibility index (Phi) is 7.72. The van der Waals surface area contributed by atoms with Crippen LogP contribution in [0.25, 0.3) is 10.9 Å². The van der Waals surface area contributed by atoms with Gasteiger partial charge in [-0.05, 0) is 42.0 Å². The molecule has 3 aromatic rings. The van der Waals surface area contributed by atoms with Gasteiger partial charge >= 0.3 is 0 Å². The molecule has 0 radical (unpaired) electrons. The standard InChI is InChI=1S/C21H22Cl2N4O3S/c1-31(29,30)27-19(14-2-4-15(22)5-3-14)13-21(28)26-11-10-25-18-8-9-24-20-12-16(23)6-7-17(18)20/h2-9,12,19,27H,10-11,13H2,1H3,(H,24,25)(H,26,28)/t19-/m1/s1. The molecular weight excluding hydrogens is 459 g/mol. The van der Waals surface area contributed by atoms with Crippen molar-refractivity contribution in [3.8, 4) is 0 Å². The number of nitrogens with zero attached hydrogens (tertiary/aromatic N) is 1. The van der Waals surface area contributed by atoms with Gasteiger partial charge in [0.2, 0.25) is 15.9 Å². The van der Waals surface area contributed by atoms with Crippen LogP contribution >= 0.6 is 23.2 Å². The molecule has 0 unspecified atom stereocenters. The first-order valence-electron chi connectivity index (χ1n) is 9.49. The van der Waals surface area contributed by atoms with Crippen molar-refractivity contribution in [1.29, 1.82) is 0 Å². The third-order valence-corrected chi connectivity index (χ3v) is 5.69. The number of nitrogens with one attached hydrogen (secondary N) is 3. The zero-order valence-corrected chi connectivity index (χ0v) is 19.1. The second-order valence-corrected chi connectivity index (χ2v) is 9.65. The number of hydrogen-bond acceptors (Lipinski definition) is 5. The van der Waals surface area contributed by atoms with Crippen LogP contribution in [-0.4, -0.2) is 38.7 Å². The summed E-state index contributed by atoms with van der Waals surface area (Å²) >= 11 is 11.9. The third kappa shape index (κ3) is 7.07. The summed E-state index contributed by atoms with van der Waals surface area (Å²) in [4.78, 5) is 16.7. The molecule has 0 saturated heterocycles. The van der Waals surface area contributed by atoms with Crippen LogP contribution < -0.4 is 15.4 Å². The fourth-order valence-electron chi connectivity index (χ4n) is 3.11. The first-order valence-corrected chi connectivity index (χ1v) is 12.1. The van der Waals surface area contributed by atoms with Gasteiger partial charge in [0, 0.05) is 46.8 Å². The van der Waals surface area contributed by atoms with Gasteiger partial charge in [0.25, 0.3) is 0 Å². The molecular formula is C21H22Cl2N4O3S. The van der Waals surface area contributed by atoms with Crippen molar-refractivity contribution in [2.45, 2.75) is 12.5 Å². The maximum Gasteiger partial charge on any atom is 0.222 e. The Morgan fingerprint density at radius 1 is 1.03 bits per heavy atom. The van der Waals surface area contributed by atoms with Crippen molar-refractivity contribution >= 4 is 55.7 Å². The minimum Gasteiger partial charge on any atom is -0.383 e. The number of pyridine rings is 1. The van der Waals surface area contributed by atoms with Crippen LogP contribution in [0.1, 0.15) is 18.0 Å². The number of carbonyl (C=O) groups excluding carboxylic acids is 1. The van der Waals surface area contributed by atoms with Crippen molar-refractivity contribution in [2.24, 2.45) is 0 Å². The summed E-state index contributed by atoms with van der Waals surface area (Å²) in [7, 11) is -3.50. The van der Waals surface area contributed by atoms with Gasteiger partial charge in [-0.25, -0.2) is 13.1 Å². The van der Waals surface area contributed by atoms with Gasteiger partial charge in [0.05, 0.1) is 17.8 Å². The summed E-state index contributed by atoms with van der Waals surface area (Å²) < 4.78 is 25.9. The second-order valence-electron chi connectivity index (χ2n) is 6.99. The lowest BCUT2D eigenvalue weighted by Gasteiger charge is -2.18. The molecule has 7 nitrogen and oxygen atoms in total. The van der Waals surface area contributed by atoms with E-state index in [4.69, 9.17) is 23.2 Å². The highest BCUT2D eigenvalue weighted by Gasteiger charge is 2.19. The minimum atomic E-state index is -3.50. The van der Waals surface area contributed by atoms with Gasteiger partial charge < -0.3 is 10.6 Å². The zero-order chi connectivity index (χ0) is 22.4. The van der Waals surface area contributed by atoms with Gasteiger partial charge in [-0.2, -0.15) is 0 Å². The Balaban J connectivity index is 1.56. The van der Waals surface area contributed by atoms with E-state index in [0.717, 1.165) is 22.8 Å². The van der Waals surface area contributed by atoms with Crippen LogP contribution in [0.2, 0.25) is 10.0 Å². The predicted molar refractivity (Wildman–Crippen MR) is 125 cm³/mol. The summed E-state index contributed by atoms with van der Waals surface area (Å²) in [5.74, 6) is -0.274. The number of fused-ring (bicyclic) bond motifs is 1. The Morgan fingerprint density at radius 3 is 2.45 bits per heavy atom. The molecule has 1 heterocycles. The molecule has 1 amide bonds. The number of halogens is 2. The number of anilines is 1. The number of carbonyl (C=O) groups is 1. The van der Waals surface area contributed by atoms with Crippen LogP contribution in [0.4, 0.5) is 5.69 Å². The Labute approximate surface area is 191 Å². The molecule has 1 aromatic heterocycles. The zero-order valence-electron chi connectivity index (χ0n) is 16.7. The quantitative estimate of drug-likeness (QED) is 0.405. The Hall–Kier alpha value is -2.39. The molecule has 31 heavy (non-hydrogen) atoms. The molecule has 0 bridgehead atoms. The average Bonchev–Trinajstić information content (AvgIpc) is 2.70. The van der Waals surface area contributed by atoms with Crippen molar-refractivity contribution < 1.29 is 13.2 Å². The number of benzene rings is 2. The van der Waals surface area contributed by atoms with E-state index >= 15 is 0 Å². The summed E-state index contributed by atoms with van der Waals surface area (Å²) in [5.41, 5.74) is 2.32. The van der Waals surface area contributed by atoms with Crippen LogP contribution in [0, 0.1) is 0 Å². The first-order chi connectivity index (χ1) is 14.7. The number of amides is 1. The lowest BCUT2D eigenvalue weighted by molar-refractivity contribution is -0.121. The van der Waals surface area contributed by atoms with Crippen LogP contribution in [-0.2, 0) is 14.8 Å². The van der Waals surface area contributed by atoms with Crippen molar-refractivity contribution in [1.82, 2.24) is 15.0 Å². The molecule has 0 aliphatic heterocycles. The number of sulfonamides is 1. The van der Waals surface area contributed by atoms with E-state index in [1.807, 2.05) is 12.1 Å². The van der Waals surface area contributed by atoms with Crippen LogP contribution in [0.3, 0.4) is 0 Å². The second kappa shape index (κ2) is 10.3. The van der Waals surface area contributed by atoms with Crippen molar-refractivity contribution in [3.63, 3.8) is 0 Å². The van der Waals surface area contributed by atoms with E-state index in [1.54, 1.807) is 42.6 Å². The minimum absolute atomic E-state index is 0.0363. The van der Waals surface area contributed by atoms with Gasteiger partial charge in [0.1, 0.15) is 0 Å². The number of rotatable bonds is 9. The summed E-state index contributed by atoms with van der Waals surface area (Å²) in [6.07, 6.45) is 2.71. The van der Waals surface area contributed by atoms with E-state index in [0.29, 0.717) is 28.7 Å². The molecule has 0 saturated carbocycles.